The number of hydrogen-bond acceptors (Lipinski definition) is 4. The summed E-state index contributed by atoms with van der Waals surface area (Å²) in [6.45, 7) is 7.41. The largest absolute Gasteiger partial charge is 0.356 e. The van der Waals surface area contributed by atoms with Gasteiger partial charge in [0, 0.05) is 49.2 Å². The summed E-state index contributed by atoms with van der Waals surface area (Å²) in [5.41, 5.74) is 1.90. The lowest BCUT2D eigenvalue weighted by Crippen LogP contribution is -2.37. The molecule has 0 radical (unpaired) electrons. The molecule has 0 spiro atoms. The minimum Gasteiger partial charge on any atom is -0.356 e. The topological polar surface area (TPSA) is 78.4 Å². The van der Waals surface area contributed by atoms with Gasteiger partial charge in [0.2, 0.25) is 5.91 Å². The molecule has 0 fully saturated rings. The number of anilines is 1. The van der Waals surface area contributed by atoms with Crippen molar-refractivity contribution < 1.29 is 4.79 Å². The molecule has 1 heterocycles. The van der Waals surface area contributed by atoms with Crippen LogP contribution in [-0.4, -0.2) is 30.4 Å². The van der Waals surface area contributed by atoms with E-state index in [0.717, 1.165) is 41.6 Å². The van der Waals surface area contributed by atoms with Crippen LogP contribution in [0.4, 0.5) is 5.69 Å². The summed E-state index contributed by atoms with van der Waals surface area (Å²) < 4.78 is 0. The van der Waals surface area contributed by atoms with Crippen molar-refractivity contribution in [3.05, 3.63) is 45.9 Å². The smallest absolute Gasteiger partial charge is 0.227 e. The second-order valence-corrected chi connectivity index (χ2v) is 7.79. The standard InChI is InChI=1S/C20H29N5OS/c1-5-14(2)19(26)25-17-8-6-7-16(11-17)13-24-20(21-4)22-10-9-18-23-12-15(3)27-18/h6-8,11-12,14H,5,9-10,13H2,1-4H3,(H,25,26)(H2,21,22,24). The van der Waals surface area contributed by atoms with Crippen LogP contribution < -0.4 is 16.0 Å². The zero-order valence-corrected chi connectivity index (χ0v) is 17.3. The van der Waals surface area contributed by atoms with E-state index >= 15 is 0 Å². The third-order valence-electron chi connectivity index (χ3n) is 4.24. The highest BCUT2D eigenvalue weighted by molar-refractivity contribution is 7.11. The van der Waals surface area contributed by atoms with Crippen molar-refractivity contribution in [3.8, 4) is 0 Å². The van der Waals surface area contributed by atoms with E-state index in [0.29, 0.717) is 6.54 Å². The number of guanidine groups is 1. The maximum atomic E-state index is 12.0. The second-order valence-electron chi connectivity index (χ2n) is 6.47. The Morgan fingerprint density at radius 2 is 2.15 bits per heavy atom. The average Bonchev–Trinajstić information content (AvgIpc) is 3.09. The number of carbonyl (C=O) groups is 1. The maximum absolute atomic E-state index is 12.0. The Kier molecular flexibility index (Phi) is 8.26. The van der Waals surface area contributed by atoms with Crippen molar-refractivity contribution in [2.75, 3.05) is 18.9 Å². The molecule has 0 aliphatic rings. The lowest BCUT2D eigenvalue weighted by atomic mass is 10.1. The number of benzene rings is 1. The Morgan fingerprint density at radius 1 is 1.33 bits per heavy atom. The number of amides is 1. The summed E-state index contributed by atoms with van der Waals surface area (Å²) in [6, 6.07) is 7.87. The van der Waals surface area contributed by atoms with Gasteiger partial charge in [0.1, 0.15) is 0 Å². The van der Waals surface area contributed by atoms with Crippen molar-refractivity contribution in [2.24, 2.45) is 10.9 Å². The molecule has 3 N–H and O–H groups in total. The summed E-state index contributed by atoms with van der Waals surface area (Å²) >= 11 is 1.72. The Bertz CT molecular complexity index is 771. The highest BCUT2D eigenvalue weighted by atomic mass is 32.1. The molecular weight excluding hydrogens is 358 g/mol. The molecule has 1 amide bonds. The van der Waals surface area contributed by atoms with Crippen LogP contribution in [0.5, 0.6) is 0 Å². The van der Waals surface area contributed by atoms with Gasteiger partial charge in [-0.3, -0.25) is 9.79 Å². The molecule has 1 aromatic heterocycles. The van der Waals surface area contributed by atoms with Gasteiger partial charge >= 0.3 is 0 Å². The van der Waals surface area contributed by atoms with Crippen LogP contribution >= 0.6 is 11.3 Å². The monoisotopic (exact) mass is 387 g/mol. The second kappa shape index (κ2) is 10.7. The molecule has 2 rings (SSSR count). The van der Waals surface area contributed by atoms with Gasteiger partial charge in [-0.25, -0.2) is 4.98 Å². The molecule has 6 nitrogen and oxygen atoms in total. The predicted molar refractivity (Wildman–Crippen MR) is 113 cm³/mol. The number of aliphatic imine (C=N–C) groups is 1. The molecule has 0 saturated heterocycles. The Morgan fingerprint density at radius 3 is 2.81 bits per heavy atom. The van der Waals surface area contributed by atoms with Crippen LogP contribution in [0, 0.1) is 12.8 Å². The van der Waals surface area contributed by atoms with Gasteiger partial charge in [0.05, 0.1) is 5.01 Å². The number of rotatable bonds is 8. The lowest BCUT2D eigenvalue weighted by molar-refractivity contribution is -0.119. The van der Waals surface area contributed by atoms with Gasteiger partial charge < -0.3 is 16.0 Å². The summed E-state index contributed by atoms with van der Waals surface area (Å²) in [7, 11) is 1.76. The summed E-state index contributed by atoms with van der Waals surface area (Å²) in [6.07, 6.45) is 3.60. The Hall–Kier alpha value is -2.41. The van der Waals surface area contributed by atoms with Gasteiger partial charge in [-0.05, 0) is 31.0 Å². The van der Waals surface area contributed by atoms with Crippen LogP contribution in [0.25, 0.3) is 0 Å². The first-order valence-corrected chi connectivity index (χ1v) is 10.1. The van der Waals surface area contributed by atoms with Crippen molar-refractivity contribution in [3.63, 3.8) is 0 Å². The van der Waals surface area contributed by atoms with E-state index in [1.165, 1.54) is 4.88 Å². The Balaban J connectivity index is 1.81. The highest BCUT2D eigenvalue weighted by Gasteiger charge is 2.10. The van der Waals surface area contributed by atoms with Crippen LogP contribution in [0.3, 0.4) is 0 Å². The normalized spacial score (nSPS) is 12.5. The zero-order valence-electron chi connectivity index (χ0n) is 16.5. The summed E-state index contributed by atoms with van der Waals surface area (Å²) in [4.78, 5) is 21.9. The molecule has 1 aromatic carbocycles. The summed E-state index contributed by atoms with van der Waals surface area (Å²) in [5, 5.41) is 10.7. The number of nitrogens with zero attached hydrogens (tertiary/aromatic N) is 2. The van der Waals surface area contributed by atoms with Crippen molar-refractivity contribution in [2.45, 2.75) is 40.2 Å². The van der Waals surface area contributed by atoms with Gasteiger partial charge in [-0.15, -0.1) is 11.3 Å². The lowest BCUT2D eigenvalue weighted by Gasteiger charge is -2.13. The average molecular weight is 388 g/mol. The predicted octanol–water partition coefficient (Wildman–Crippen LogP) is 3.34. The fourth-order valence-corrected chi connectivity index (χ4v) is 3.21. The molecule has 146 valence electrons. The van der Waals surface area contributed by atoms with Crippen LogP contribution in [0.15, 0.2) is 35.5 Å². The maximum Gasteiger partial charge on any atom is 0.227 e. The van der Waals surface area contributed by atoms with Gasteiger partial charge in [0.15, 0.2) is 5.96 Å². The SMILES string of the molecule is CCC(C)C(=O)Nc1cccc(CNC(=NC)NCCc2ncc(C)s2)c1. The minimum absolute atomic E-state index is 0.0106. The number of aryl methyl sites for hydroxylation is 1. The number of nitrogens with one attached hydrogen (secondary N) is 3. The molecule has 0 saturated carbocycles. The molecule has 2 aromatic rings. The van der Waals surface area contributed by atoms with E-state index in [1.807, 2.05) is 44.3 Å². The van der Waals surface area contributed by atoms with E-state index < -0.39 is 0 Å². The third kappa shape index (κ3) is 7.02. The number of thiazole rings is 1. The first-order chi connectivity index (χ1) is 13.0. The van der Waals surface area contributed by atoms with Crippen molar-refractivity contribution in [1.82, 2.24) is 15.6 Å². The molecule has 1 unspecified atom stereocenters. The van der Waals surface area contributed by atoms with Crippen LogP contribution in [-0.2, 0) is 17.8 Å². The van der Waals surface area contributed by atoms with E-state index in [-0.39, 0.29) is 11.8 Å². The van der Waals surface area contributed by atoms with E-state index in [9.17, 15) is 4.79 Å². The van der Waals surface area contributed by atoms with Gasteiger partial charge in [-0.1, -0.05) is 26.0 Å². The minimum atomic E-state index is 0.0106. The number of hydrogen-bond donors (Lipinski definition) is 3. The molecule has 7 heteroatoms. The fraction of sp³-hybridized carbons (Fsp3) is 0.450. The zero-order chi connectivity index (χ0) is 19.6. The molecule has 0 aliphatic heterocycles. The Labute approximate surface area is 165 Å². The van der Waals surface area contributed by atoms with Crippen LogP contribution in [0.2, 0.25) is 0 Å². The highest BCUT2D eigenvalue weighted by Crippen LogP contribution is 2.13. The first-order valence-electron chi connectivity index (χ1n) is 9.27. The number of carbonyl (C=O) groups excluding carboxylic acids is 1. The molecule has 0 bridgehead atoms. The molecule has 27 heavy (non-hydrogen) atoms. The summed E-state index contributed by atoms with van der Waals surface area (Å²) in [5.74, 6) is 0.811. The molecule has 0 aliphatic carbocycles. The fourth-order valence-electron chi connectivity index (χ4n) is 2.42. The van der Waals surface area contributed by atoms with Crippen molar-refractivity contribution in [1.29, 1.82) is 0 Å². The van der Waals surface area contributed by atoms with Gasteiger partial charge in [-0.2, -0.15) is 0 Å². The number of aromatic nitrogens is 1. The van der Waals surface area contributed by atoms with Crippen molar-refractivity contribution >= 4 is 28.9 Å². The van der Waals surface area contributed by atoms with E-state index in [2.05, 4.69) is 32.9 Å². The van der Waals surface area contributed by atoms with E-state index in [1.54, 1.807) is 18.4 Å². The third-order valence-corrected chi connectivity index (χ3v) is 5.21. The molecular formula is C20H29N5OS. The molecule has 1 atom stereocenters. The van der Waals surface area contributed by atoms with Gasteiger partial charge in [0.25, 0.3) is 0 Å². The quantitative estimate of drug-likeness (QED) is 0.479. The van der Waals surface area contributed by atoms with Crippen LogP contribution in [0.1, 0.15) is 35.7 Å². The van der Waals surface area contributed by atoms with E-state index in [4.69, 9.17) is 0 Å². The first kappa shape index (κ1) is 20.9.